The molecule has 0 amide bonds. The zero-order valence-electron chi connectivity index (χ0n) is 10.2. The summed E-state index contributed by atoms with van der Waals surface area (Å²) in [5.41, 5.74) is 0.817. The first-order chi connectivity index (χ1) is 5.95. The van der Waals surface area contributed by atoms with Crippen molar-refractivity contribution < 1.29 is 4.43 Å². The number of unbranched alkanes of at least 4 members (excludes halogenated alkanes) is 1. The summed E-state index contributed by atoms with van der Waals surface area (Å²) < 4.78 is 5.70. The summed E-state index contributed by atoms with van der Waals surface area (Å²) in [6.07, 6.45) is 4.00. The highest BCUT2D eigenvalue weighted by Gasteiger charge is 2.33. The molecule has 1 unspecified atom stereocenters. The molecule has 0 rings (SSSR count). The van der Waals surface area contributed by atoms with Crippen LogP contribution >= 0.6 is 0 Å². The first kappa shape index (κ1) is 13.2. The monoisotopic (exact) mass is 202 g/mol. The third-order valence-electron chi connectivity index (χ3n) is 3.09. The summed E-state index contributed by atoms with van der Waals surface area (Å²) in [6, 6.07) is 0. The van der Waals surface area contributed by atoms with Gasteiger partial charge in [-0.25, -0.2) is 0 Å². The molecule has 0 heterocycles. The van der Waals surface area contributed by atoms with Crippen LogP contribution in [0.1, 0.15) is 40.0 Å². The number of hydrogen-bond donors (Lipinski definition) is 0. The van der Waals surface area contributed by atoms with Crippen molar-refractivity contribution in [3.63, 3.8) is 0 Å². The standard InChI is InChI=1S/C11H26OSi/c1-7-8-9-11(10(2)3)13(5,6)12-4/h10-11H,7-9H2,1-6H3. The van der Waals surface area contributed by atoms with Crippen LogP contribution in [0.3, 0.4) is 0 Å². The van der Waals surface area contributed by atoms with Crippen molar-refractivity contribution in [1.29, 1.82) is 0 Å². The average Bonchev–Trinajstić information content (AvgIpc) is 2.04. The van der Waals surface area contributed by atoms with Crippen molar-refractivity contribution in [1.82, 2.24) is 0 Å². The first-order valence-corrected chi connectivity index (χ1v) is 8.49. The molecular formula is C11H26OSi. The van der Waals surface area contributed by atoms with Gasteiger partial charge < -0.3 is 4.43 Å². The maximum atomic E-state index is 5.70. The topological polar surface area (TPSA) is 9.23 Å². The van der Waals surface area contributed by atoms with Crippen LogP contribution in [0.5, 0.6) is 0 Å². The summed E-state index contributed by atoms with van der Waals surface area (Å²) in [5, 5.41) is 0. The van der Waals surface area contributed by atoms with E-state index in [2.05, 4.69) is 33.9 Å². The number of rotatable bonds is 6. The predicted octanol–water partition coefficient (Wildman–Crippen LogP) is 4.05. The Hall–Kier alpha value is 0.177. The molecule has 0 aromatic heterocycles. The maximum Gasteiger partial charge on any atom is 0.189 e. The van der Waals surface area contributed by atoms with Crippen LogP contribution in [0.25, 0.3) is 0 Å². The van der Waals surface area contributed by atoms with E-state index in [4.69, 9.17) is 4.43 Å². The minimum Gasteiger partial charge on any atom is -0.420 e. The van der Waals surface area contributed by atoms with Crippen molar-refractivity contribution in [2.24, 2.45) is 5.92 Å². The molecule has 0 saturated carbocycles. The van der Waals surface area contributed by atoms with Crippen molar-refractivity contribution in [3.05, 3.63) is 0 Å². The van der Waals surface area contributed by atoms with Crippen LogP contribution in [0.15, 0.2) is 0 Å². The molecule has 2 heteroatoms. The van der Waals surface area contributed by atoms with E-state index in [0.717, 1.165) is 11.5 Å². The van der Waals surface area contributed by atoms with Gasteiger partial charge in [-0.05, 0) is 24.6 Å². The van der Waals surface area contributed by atoms with Crippen molar-refractivity contribution in [2.75, 3.05) is 7.11 Å². The Morgan fingerprint density at radius 2 is 1.77 bits per heavy atom. The van der Waals surface area contributed by atoms with Gasteiger partial charge in [0.1, 0.15) is 0 Å². The van der Waals surface area contributed by atoms with Crippen LogP contribution in [-0.4, -0.2) is 15.4 Å². The van der Waals surface area contributed by atoms with Crippen LogP contribution in [0.4, 0.5) is 0 Å². The van der Waals surface area contributed by atoms with Gasteiger partial charge in [0.2, 0.25) is 0 Å². The predicted molar refractivity (Wildman–Crippen MR) is 62.6 cm³/mol. The molecule has 0 fully saturated rings. The Kier molecular flexibility index (Phi) is 5.89. The molecule has 0 aliphatic heterocycles. The number of hydrogen-bond acceptors (Lipinski definition) is 1. The summed E-state index contributed by atoms with van der Waals surface area (Å²) in [5.74, 6) is 0.771. The molecular weight excluding hydrogens is 176 g/mol. The van der Waals surface area contributed by atoms with Crippen LogP contribution in [-0.2, 0) is 4.43 Å². The molecule has 0 aromatic carbocycles. The molecule has 80 valence electrons. The average molecular weight is 202 g/mol. The second-order valence-corrected chi connectivity index (χ2v) is 9.16. The molecule has 1 atom stereocenters. The molecule has 1 nitrogen and oxygen atoms in total. The molecule has 0 N–H and O–H groups in total. The summed E-state index contributed by atoms with van der Waals surface area (Å²) >= 11 is 0. The fraction of sp³-hybridized carbons (Fsp3) is 1.00. The minimum atomic E-state index is -1.41. The quantitative estimate of drug-likeness (QED) is 0.590. The van der Waals surface area contributed by atoms with Gasteiger partial charge in [-0.3, -0.25) is 0 Å². The lowest BCUT2D eigenvalue weighted by Gasteiger charge is -2.33. The highest BCUT2D eigenvalue weighted by Crippen LogP contribution is 2.34. The summed E-state index contributed by atoms with van der Waals surface area (Å²) in [6.45, 7) is 11.6. The molecule has 0 aliphatic rings. The van der Waals surface area contributed by atoms with E-state index in [1.165, 1.54) is 19.3 Å². The highest BCUT2D eigenvalue weighted by atomic mass is 28.4. The zero-order chi connectivity index (χ0) is 10.5. The molecule has 0 radical (unpaired) electrons. The molecule has 0 aromatic rings. The SMILES string of the molecule is CCCCC(C(C)C)[Si](C)(C)OC. The highest BCUT2D eigenvalue weighted by molar-refractivity contribution is 6.72. The van der Waals surface area contributed by atoms with E-state index >= 15 is 0 Å². The Labute approximate surface area is 85.0 Å². The largest absolute Gasteiger partial charge is 0.420 e. The van der Waals surface area contributed by atoms with E-state index in [-0.39, 0.29) is 0 Å². The molecule has 0 bridgehead atoms. The lowest BCUT2D eigenvalue weighted by atomic mass is 10.0. The van der Waals surface area contributed by atoms with Gasteiger partial charge in [-0.2, -0.15) is 0 Å². The van der Waals surface area contributed by atoms with E-state index in [0.29, 0.717) is 0 Å². The summed E-state index contributed by atoms with van der Waals surface area (Å²) in [7, 11) is 0.475. The van der Waals surface area contributed by atoms with Crippen LogP contribution in [0, 0.1) is 5.92 Å². The first-order valence-electron chi connectivity index (χ1n) is 5.50. The Bertz CT molecular complexity index is 132. The third kappa shape index (κ3) is 4.27. The third-order valence-corrected chi connectivity index (χ3v) is 6.89. The Morgan fingerprint density at radius 3 is 2.08 bits per heavy atom. The van der Waals surface area contributed by atoms with Crippen molar-refractivity contribution in [3.8, 4) is 0 Å². The second kappa shape index (κ2) is 5.81. The van der Waals surface area contributed by atoms with Gasteiger partial charge in [-0.15, -0.1) is 0 Å². The molecule has 0 aliphatic carbocycles. The molecule has 13 heavy (non-hydrogen) atoms. The van der Waals surface area contributed by atoms with Gasteiger partial charge >= 0.3 is 0 Å². The minimum absolute atomic E-state index is 0.771. The van der Waals surface area contributed by atoms with E-state index in [1.54, 1.807) is 0 Å². The maximum absolute atomic E-state index is 5.70. The Balaban J connectivity index is 4.23. The molecule has 0 saturated heterocycles. The lowest BCUT2D eigenvalue weighted by Crippen LogP contribution is -2.37. The van der Waals surface area contributed by atoms with Crippen LogP contribution in [0.2, 0.25) is 18.6 Å². The van der Waals surface area contributed by atoms with E-state index < -0.39 is 8.32 Å². The zero-order valence-corrected chi connectivity index (χ0v) is 11.2. The molecule has 0 spiro atoms. The van der Waals surface area contributed by atoms with E-state index in [1.807, 2.05) is 7.11 Å². The van der Waals surface area contributed by atoms with Gasteiger partial charge in [0.05, 0.1) is 0 Å². The summed E-state index contributed by atoms with van der Waals surface area (Å²) in [4.78, 5) is 0. The van der Waals surface area contributed by atoms with E-state index in [9.17, 15) is 0 Å². The van der Waals surface area contributed by atoms with Crippen molar-refractivity contribution in [2.45, 2.75) is 58.7 Å². The Morgan fingerprint density at radius 1 is 1.23 bits per heavy atom. The van der Waals surface area contributed by atoms with Gasteiger partial charge in [0, 0.05) is 7.11 Å². The van der Waals surface area contributed by atoms with Gasteiger partial charge in [0.25, 0.3) is 0 Å². The fourth-order valence-corrected chi connectivity index (χ4v) is 4.87. The smallest absolute Gasteiger partial charge is 0.189 e. The van der Waals surface area contributed by atoms with Gasteiger partial charge in [-0.1, -0.05) is 40.0 Å². The fourth-order valence-electron chi connectivity index (χ4n) is 2.06. The van der Waals surface area contributed by atoms with Crippen LogP contribution < -0.4 is 0 Å². The lowest BCUT2D eigenvalue weighted by molar-refractivity contribution is 0.361. The normalized spacial score (nSPS) is 15.0. The van der Waals surface area contributed by atoms with Gasteiger partial charge in [0.15, 0.2) is 8.32 Å². The second-order valence-electron chi connectivity index (χ2n) is 4.80. The van der Waals surface area contributed by atoms with Crippen molar-refractivity contribution >= 4 is 8.32 Å².